The average molecular weight is 318 g/mol. The summed E-state index contributed by atoms with van der Waals surface area (Å²) in [6, 6.07) is 7.25. The van der Waals surface area contributed by atoms with Gasteiger partial charge in [-0.1, -0.05) is 13.8 Å². The normalized spacial score (nSPS) is 20.9. The van der Waals surface area contributed by atoms with Gasteiger partial charge in [0.25, 0.3) is 0 Å². The van der Waals surface area contributed by atoms with Crippen molar-refractivity contribution in [3.05, 3.63) is 24.3 Å². The molecular formula is C18H26N2O3. The first kappa shape index (κ1) is 17.3. The number of amides is 2. The summed E-state index contributed by atoms with van der Waals surface area (Å²) in [5.74, 6) is 1.16. The Hall–Kier alpha value is -2.04. The van der Waals surface area contributed by atoms with Gasteiger partial charge >= 0.3 is 0 Å². The Balaban J connectivity index is 2.18. The van der Waals surface area contributed by atoms with Gasteiger partial charge in [-0.05, 0) is 49.9 Å². The first-order valence-corrected chi connectivity index (χ1v) is 8.14. The number of rotatable bonds is 6. The third-order valence-electron chi connectivity index (χ3n) is 4.40. The largest absolute Gasteiger partial charge is 0.497 e. The lowest BCUT2D eigenvalue weighted by Crippen LogP contribution is -2.55. The number of carbonyl (C=O) groups excluding carboxylic acids is 2. The Morgan fingerprint density at radius 1 is 1.35 bits per heavy atom. The Labute approximate surface area is 138 Å². The Morgan fingerprint density at radius 2 is 2.00 bits per heavy atom. The molecule has 5 heteroatoms. The molecule has 0 radical (unpaired) electrons. The molecule has 1 aromatic carbocycles. The fourth-order valence-corrected chi connectivity index (χ4v) is 2.89. The van der Waals surface area contributed by atoms with Crippen molar-refractivity contribution in [1.29, 1.82) is 0 Å². The van der Waals surface area contributed by atoms with E-state index in [1.54, 1.807) is 24.1 Å². The van der Waals surface area contributed by atoms with Gasteiger partial charge in [0.05, 0.1) is 7.11 Å². The summed E-state index contributed by atoms with van der Waals surface area (Å²) in [7, 11) is 1.60. The smallest absolute Gasteiger partial charge is 0.246 e. The number of hydrogen-bond acceptors (Lipinski definition) is 3. The van der Waals surface area contributed by atoms with Crippen LogP contribution in [0.3, 0.4) is 0 Å². The number of anilines is 1. The third-order valence-corrected chi connectivity index (χ3v) is 4.40. The molecule has 1 aromatic rings. The fourth-order valence-electron chi connectivity index (χ4n) is 2.89. The molecule has 1 atom stereocenters. The van der Waals surface area contributed by atoms with Gasteiger partial charge in [-0.2, -0.15) is 0 Å². The van der Waals surface area contributed by atoms with Crippen molar-refractivity contribution in [1.82, 2.24) is 5.32 Å². The quantitative estimate of drug-likeness (QED) is 0.877. The van der Waals surface area contributed by atoms with Gasteiger partial charge < -0.3 is 10.1 Å². The number of nitrogens with one attached hydrogen (secondary N) is 1. The lowest BCUT2D eigenvalue weighted by Gasteiger charge is -2.34. The van der Waals surface area contributed by atoms with E-state index < -0.39 is 5.54 Å². The van der Waals surface area contributed by atoms with Gasteiger partial charge in [0.2, 0.25) is 11.8 Å². The van der Waals surface area contributed by atoms with Crippen molar-refractivity contribution < 1.29 is 14.3 Å². The summed E-state index contributed by atoms with van der Waals surface area (Å²) in [5.41, 5.74) is -0.0994. The van der Waals surface area contributed by atoms with E-state index in [4.69, 9.17) is 4.74 Å². The molecule has 23 heavy (non-hydrogen) atoms. The second-order valence-corrected chi connectivity index (χ2v) is 6.64. The van der Waals surface area contributed by atoms with Gasteiger partial charge in [-0.25, -0.2) is 0 Å². The zero-order valence-electron chi connectivity index (χ0n) is 14.4. The predicted octanol–water partition coefficient (Wildman–Crippen LogP) is 2.74. The van der Waals surface area contributed by atoms with E-state index >= 15 is 0 Å². The summed E-state index contributed by atoms with van der Waals surface area (Å²) in [4.78, 5) is 26.6. The SMILES string of the molecule is COc1ccc(N2C(=O)CC[C@]2(C)C(=O)NCCC(C)C)cc1. The third kappa shape index (κ3) is 3.66. The molecule has 0 spiro atoms. The van der Waals surface area contributed by atoms with E-state index in [2.05, 4.69) is 19.2 Å². The molecule has 1 N–H and O–H groups in total. The van der Waals surface area contributed by atoms with Crippen LogP contribution in [-0.4, -0.2) is 31.0 Å². The van der Waals surface area contributed by atoms with Crippen LogP contribution in [0.25, 0.3) is 0 Å². The first-order chi connectivity index (χ1) is 10.9. The van der Waals surface area contributed by atoms with Crippen LogP contribution < -0.4 is 15.0 Å². The molecule has 1 fully saturated rings. The Kier molecular flexibility index (Phi) is 5.29. The average Bonchev–Trinajstić information content (AvgIpc) is 2.83. The minimum absolute atomic E-state index is 0.0170. The van der Waals surface area contributed by atoms with E-state index in [1.807, 2.05) is 19.1 Å². The molecule has 1 heterocycles. The van der Waals surface area contributed by atoms with Crippen LogP contribution in [0.2, 0.25) is 0 Å². The zero-order valence-corrected chi connectivity index (χ0v) is 14.4. The fraction of sp³-hybridized carbons (Fsp3) is 0.556. The Morgan fingerprint density at radius 3 is 2.57 bits per heavy atom. The standard InChI is InChI=1S/C18H26N2O3/c1-13(2)10-12-19-17(22)18(3)11-9-16(21)20(18)14-5-7-15(23-4)8-6-14/h5-8,13H,9-12H2,1-4H3,(H,19,22)/t18-/m1/s1. The molecule has 0 saturated carbocycles. The maximum absolute atomic E-state index is 12.7. The molecule has 0 aliphatic carbocycles. The van der Waals surface area contributed by atoms with E-state index in [1.165, 1.54) is 0 Å². The van der Waals surface area contributed by atoms with Crippen LogP contribution in [0, 0.1) is 5.92 Å². The highest BCUT2D eigenvalue weighted by Gasteiger charge is 2.47. The van der Waals surface area contributed by atoms with Crippen LogP contribution in [0.4, 0.5) is 5.69 Å². The van der Waals surface area contributed by atoms with Crippen molar-refractivity contribution in [3.8, 4) is 5.75 Å². The maximum atomic E-state index is 12.7. The molecule has 0 unspecified atom stereocenters. The second kappa shape index (κ2) is 7.02. The number of benzene rings is 1. The monoisotopic (exact) mass is 318 g/mol. The molecule has 1 saturated heterocycles. The van der Waals surface area contributed by atoms with Crippen LogP contribution in [0.1, 0.15) is 40.0 Å². The highest BCUT2D eigenvalue weighted by atomic mass is 16.5. The van der Waals surface area contributed by atoms with Crippen molar-refractivity contribution in [2.24, 2.45) is 5.92 Å². The zero-order chi connectivity index (χ0) is 17.0. The van der Waals surface area contributed by atoms with Gasteiger partial charge in [0.15, 0.2) is 0 Å². The predicted molar refractivity (Wildman–Crippen MR) is 90.6 cm³/mol. The summed E-state index contributed by atoms with van der Waals surface area (Å²) < 4.78 is 5.15. The second-order valence-electron chi connectivity index (χ2n) is 6.64. The highest BCUT2D eigenvalue weighted by Crippen LogP contribution is 2.35. The molecule has 1 aliphatic rings. The molecule has 1 aliphatic heterocycles. The van der Waals surface area contributed by atoms with Gasteiger partial charge in [-0.3, -0.25) is 14.5 Å². The highest BCUT2D eigenvalue weighted by molar-refractivity contribution is 6.06. The first-order valence-electron chi connectivity index (χ1n) is 8.14. The van der Waals surface area contributed by atoms with Crippen molar-refractivity contribution in [3.63, 3.8) is 0 Å². The van der Waals surface area contributed by atoms with E-state index in [0.717, 1.165) is 17.9 Å². The van der Waals surface area contributed by atoms with Crippen LogP contribution in [-0.2, 0) is 9.59 Å². The Bertz CT molecular complexity index is 568. The van der Waals surface area contributed by atoms with E-state index in [9.17, 15) is 9.59 Å². The lowest BCUT2D eigenvalue weighted by atomic mass is 9.96. The lowest BCUT2D eigenvalue weighted by molar-refractivity contribution is -0.127. The number of carbonyl (C=O) groups is 2. The van der Waals surface area contributed by atoms with Gasteiger partial charge in [0.1, 0.15) is 11.3 Å². The number of nitrogens with zero attached hydrogens (tertiary/aromatic N) is 1. The number of ether oxygens (including phenoxy) is 1. The summed E-state index contributed by atoms with van der Waals surface area (Å²) >= 11 is 0. The molecule has 2 amide bonds. The topological polar surface area (TPSA) is 58.6 Å². The van der Waals surface area contributed by atoms with Crippen molar-refractivity contribution >= 4 is 17.5 Å². The van der Waals surface area contributed by atoms with Gasteiger partial charge in [0, 0.05) is 18.7 Å². The van der Waals surface area contributed by atoms with Gasteiger partial charge in [-0.15, -0.1) is 0 Å². The summed E-state index contributed by atoms with van der Waals surface area (Å²) in [5, 5.41) is 2.98. The summed E-state index contributed by atoms with van der Waals surface area (Å²) in [6.45, 7) is 6.72. The van der Waals surface area contributed by atoms with Crippen molar-refractivity contribution in [2.75, 3.05) is 18.6 Å². The minimum atomic E-state index is -0.831. The summed E-state index contributed by atoms with van der Waals surface area (Å²) in [6.07, 6.45) is 1.85. The van der Waals surface area contributed by atoms with Crippen molar-refractivity contribution in [2.45, 2.75) is 45.6 Å². The maximum Gasteiger partial charge on any atom is 0.246 e. The molecule has 5 nitrogen and oxygen atoms in total. The molecular weight excluding hydrogens is 292 g/mol. The number of hydrogen-bond donors (Lipinski definition) is 1. The van der Waals surface area contributed by atoms with E-state index in [-0.39, 0.29) is 11.8 Å². The molecule has 2 rings (SSSR count). The number of methoxy groups -OCH3 is 1. The minimum Gasteiger partial charge on any atom is -0.497 e. The van der Waals surface area contributed by atoms with E-state index in [0.29, 0.717) is 25.3 Å². The molecule has 126 valence electrons. The van der Waals surface area contributed by atoms with Crippen LogP contribution in [0.15, 0.2) is 24.3 Å². The molecule has 0 aromatic heterocycles. The van der Waals surface area contributed by atoms with Crippen LogP contribution >= 0.6 is 0 Å². The van der Waals surface area contributed by atoms with Crippen LogP contribution in [0.5, 0.6) is 5.75 Å². The molecule has 0 bridgehead atoms.